The van der Waals surface area contributed by atoms with E-state index in [2.05, 4.69) is 11.9 Å². The van der Waals surface area contributed by atoms with Crippen LogP contribution in [0.4, 0.5) is 0 Å². The molecule has 0 aromatic carbocycles. The van der Waals surface area contributed by atoms with Gasteiger partial charge in [-0.3, -0.25) is 4.79 Å². The van der Waals surface area contributed by atoms with E-state index >= 15 is 0 Å². The minimum absolute atomic E-state index is 0.0452. The molecule has 1 atom stereocenters. The third-order valence-electron chi connectivity index (χ3n) is 6.97. The van der Waals surface area contributed by atoms with Crippen LogP contribution >= 0.6 is 11.3 Å². The van der Waals surface area contributed by atoms with Crippen molar-refractivity contribution in [3.8, 4) is 10.7 Å². The van der Waals surface area contributed by atoms with Crippen molar-refractivity contribution in [2.75, 3.05) is 19.6 Å². The van der Waals surface area contributed by atoms with Crippen molar-refractivity contribution in [3.05, 3.63) is 22.3 Å². The predicted octanol–water partition coefficient (Wildman–Crippen LogP) is 4.34. The number of hydrogen-bond donors (Lipinski definition) is 0. The normalized spacial score (nSPS) is 20.6. The maximum Gasteiger partial charge on any atom is 0.265 e. The molecule has 2 saturated heterocycles. The number of rotatable bonds is 5. The number of amides is 1. The largest absolute Gasteiger partial charge is 0.345 e. The summed E-state index contributed by atoms with van der Waals surface area (Å²) in [6.07, 6.45) is 6.99. The van der Waals surface area contributed by atoms with Crippen molar-refractivity contribution in [2.45, 2.75) is 76.7 Å². The summed E-state index contributed by atoms with van der Waals surface area (Å²) in [4.78, 5) is 20.7. The highest BCUT2D eigenvalue weighted by atomic mass is 32.2. The van der Waals surface area contributed by atoms with Gasteiger partial charge >= 0.3 is 0 Å². The van der Waals surface area contributed by atoms with Gasteiger partial charge in [-0.05, 0) is 58.4 Å². The van der Waals surface area contributed by atoms with Crippen molar-refractivity contribution in [1.82, 2.24) is 18.8 Å². The van der Waals surface area contributed by atoms with E-state index in [1.165, 1.54) is 17.8 Å². The second-order valence-electron chi connectivity index (χ2n) is 9.00. The molecular weight excluding hydrogens is 444 g/mol. The second kappa shape index (κ2) is 9.27. The maximum absolute atomic E-state index is 13.6. The minimum Gasteiger partial charge on any atom is -0.345 e. The molecule has 1 amide bonds. The first-order valence-electron chi connectivity index (χ1n) is 11.7. The van der Waals surface area contributed by atoms with Crippen LogP contribution in [0.5, 0.6) is 0 Å². The van der Waals surface area contributed by atoms with Crippen LogP contribution in [0.25, 0.3) is 10.7 Å². The van der Waals surface area contributed by atoms with Gasteiger partial charge in [-0.25, -0.2) is 13.4 Å². The highest BCUT2D eigenvalue weighted by Gasteiger charge is 2.35. The number of aryl methyl sites for hydroxylation is 1. The van der Waals surface area contributed by atoms with Crippen LogP contribution in [0, 0.1) is 13.8 Å². The van der Waals surface area contributed by atoms with Crippen molar-refractivity contribution in [2.24, 2.45) is 7.05 Å². The van der Waals surface area contributed by atoms with E-state index in [0.717, 1.165) is 57.3 Å². The van der Waals surface area contributed by atoms with Gasteiger partial charge in [-0.1, -0.05) is 13.3 Å². The fraction of sp³-hybridized carbons (Fsp3) is 0.652. The number of sulfonamides is 1. The number of piperidine rings is 2. The molecule has 0 radical (unpaired) electrons. The summed E-state index contributed by atoms with van der Waals surface area (Å²) in [5, 5.41) is 0.695. The van der Waals surface area contributed by atoms with Gasteiger partial charge in [0, 0.05) is 38.4 Å². The molecule has 0 aliphatic carbocycles. The Bertz CT molecular complexity index is 1100. The fourth-order valence-corrected chi connectivity index (χ4v) is 8.03. The molecule has 0 unspecified atom stereocenters. The third-order valence-corrected chi connectivity index (χ3v) is 10.2. The first kappa shape index (κ1) is 23.4. The highest BCUT2D eigenvalue weighted by Crippen LogP contribution is 2.35. The number of nitrogens with zero attached hydrogens (tertiary/aromatic N) is 4. The zero-order chi connectivity index (χ0) is 23.0. The standard InChI is InChI=1S/C23H34N4O3S2/c1-5-18-11-7-10-14-27(18)32(29,30)20-15-19(25(4)17(20)3)22-24-16(2)21(31-22)23(28)26-12-8-6-9-13-26/h15,18H,5-14H2,1-4H3/t18-/m1/s1. The summed E-state index contributed by atoms with van der Waals surface area (Å²) in [5.74, 6) is 0.0452. The van der Waals surface area contributed by atoms with Gasteiger partial charge in [0.15, 0.2) is 0 Å². The number of likely N-dealkylation sites (tertiary alicyclic amines) is 1. The minimum atomic E-state index is -3.59. The van der Waals surface area contributed by atoms with Gasteiger partial charge in [0.2, 0.25) is 10.0 Å². The molecule has 0 bridgehead atoms. The van der Waals surface area contributed by atoms with E-state index < -0.39 is 10.0 Å². The lowest BCUT2D eigenvalue weighted by atomic mass is 10.0. The van der Waals surface area contributed by atoms with Gasteiger partial charge in [-0.15, -0.1) is 11.3 Å². The molecule has 4 heterocycles. The molecule has 9 heteroatoms. The van der Waals surface area contributed by atoms with Gasteiger partial charge < -0.3 is 9.47 Å². The smallest absolute Gasteiger partial charge is 0.265 e. The molecular formula is C23H34N4O3S2. The van der Waals surface area contributed by atoms with Crippen LogP contribution in [0.2, 0.25) is 0 Å². The Morgan fingerprint density at radius 2 is 1.81 bits per heavy atom. The van der Waals surface area contributed by atoms with E-state index in [4.69, 9.17) is 0 Å². The summed E-state index contributed by atoms with van der Waals surface area (Å²) in [7, 11) is -1.71. The number of hydrogen-bond acceptors (Lipinski definition) is 5. The van der Waals surface area contributed by atoms with Crippen molar-refractivity contribution >= 4 is 27.3 Å². The van der Waals surface area contributed by atoms with Gasteiger partial charge in [0.1, 0.15) is 14.8 Å². The summed E-state index contributed by atoms with van der Waals surface area (Å²) in [5.41, 5.74) is 2.17. The molecule has 0 spiro atoms. The van der Waals surface area contributed by atoms with E-state index in [9.17, 15) is 13.2 Å². The van der Waals surface area contributed by atoms with Crippen LogP contribution in [0.1, 0.15) is 72.9 Å². The molecule has 176 valence electrons. The Morgan fingerprint density at radius 3 is 2.50 bits per heavy atom. The number of carbonyl (C=O) groups excluding carboxylic acids is 1. The summed E-state index contributed by atoms with van der Waals surface area (Å²) >= 11 is 1.37. The Morgan fingerprint density at radius 1 is 1.12 bits per heavy atom. The molecule has 2 aliphatic rings. The Labute approximate surface area is 195 Å². The lowest BCUT2D eigenvalue weighted by molar-refractivity contribution is 0.0728. The molecule has 2 aliphatic heterocycles. The monoisotopic (exact) mass is 478 g/mol. The van der Waals surface area contributed by atoms with Crippen LogP contribution < -0.4 is 0 Å². The van der Waals surface area contributed by atoms with Gasteiger partial charge in [-0.2, -0.15) is 4.31 Å². The lowest BCUT2D eigenvalue weighted by Gasteiger charge is -2.34. The van der Waals surface area contributed by atoms with Crippen LogP contribution in [-0.4, -0.2) is 58.8 Å². The van der Waals surface area contributed by atoms with Crippen LogP contribution in [-0.2, 0) is 17.1 Å². The van der Waals surface area contributed by atoms with Crippen molar-refractivity contribution in [3.63, 3.8) is 0 Å². The molecule has 2 aromatic heterocycles. The molecule has 7 nitrogen and oxygen atoms in total. The van der Waals surface area contributed by atoms with Crippen LogP contribution in [0.3, 0.4) is 0 Å². The summed E-state index contributed by atoms with van der Waals surface area (Å²) < 4.78 is 30.8. The first-order chi connectivity index (χ1) is 15.3. The zero-order valence-corrected chi connectivity index (χ0v) is 21.2. The second-order valence-corrected chi connectivity index (χ2v) is 11.9. The number of thiazole rings is 1. The molecule has 32 heavy (non-hydrogen) atoms. The number of carbonyl (C=O) groups is 1. The predicted molar refractivity (Wildman–Crippen MR) is 128 cm³/mol. The topological polar surface area (TPSA) is 75.5 Å². The lowest BCUT2D eigenvalue weighted by Crippen LogP contribution is -2.43. The van der Waals surface area contributed by atoms with E-state index in [1.54, 1.807) is 10.4 Å². The number of aromatic nitrogens is 2. The molecule has 0 saturated carbocycles. The molecule has 2 fully saturated rings. The average Bonchev–Trinajstić information content (AvgIpc) is 3.33. The quantitative estimate of drug-likeness (QED) is 0.640. The fourth-order valence-electron chi connectivity index (χ4n) is 4.91. The van der Waals surface area contributed by atoms with Gasteiger partial charge in [0.25, 0.3) is 5.91 Å². The van der Waals surface area contributed by atoms with Crippen LogP contribution in [0.15, 0.2) is 11.0 Å². The maximum atomic E-state index is 13.6. The average molecular weight is 479 g/mol. The van der Waals surface area contributed by atoms with Crippen molar-refractivity contribution < 1.29 is 13.2 Å². The molecule has 0 N–H and O–H groups in total. The zero-order valence-electron chi connectivity index (χ0n) is 19.6. The summed E-state index contributed by atoms with van der Waals surface area (Å²) in [6, 6.07) is 1.81. The van der Waals surface area contributed by atoms with E-state index in [-0.39, 0.29) is 11.9 Å². The Hall–Kier alpha value is -1.71. The Kier molecular flexibility index (Phi) is 6.79. The van der Waals surface area contributed by atoms with Gasteiger partial charge in [0.05, 0.1) is 11.4 Å². The summed E-state index contributed by atoms with van der Waals surface area (Å²) in [6.45, 7) is 7.94. The highest BCUT2D eigenvalue weighted by molar-refractivity contribution is 7.89. The van der Waals surface area contributed by atoms with E-state index in [1.807, 2.05) is 30.4 Å². The first-order valence-corrected chi connectivity index (χ1v) is 14.0. The molecule has 2 aromatic rings. The SMILES string of the molecule is CC[C@@H]1CCCCN1S(=O)(=O)c1cc(-c2nc(C)c(C(=O)N3CCCCC3)s2)n(C)c1C. The van der Waals surface area contributed by atoms with E-state index in [0.29, 0.717) is 32.7 Å². The Balaban J connectivity index is 1.68. The molecule has 4 rings (SSSR count). The van der Waals surface area contributed by atoms with Crippen molar-refractivity contribution in [1.29, 1.82) is 0 Å². The third kappa shape index (κ3) is 4.15.